The van der Waals surface area contributed by atoms with Gasteiger partial charge in [0.25, 0.3) is 0 Å². The van der Waals surface area contributed by atoms with Gasteiger partial charge in [-0.2, -0.15) is 0 Å². The summed E-state index contributed by atoms with van der Waals surface area (Å²) in [5.74, 6) is -0.386. The molecule has 2 aromatic heterocycles. The van der Waals surface area contributed by atoms with E-state index in [4.69, 9.17) is 4.74 Å². The highest BCUT2D eigenvalue weighted by Gasteiger charge is 2.14. The van der Waals surface area contributed by atoms with Crippen LogP contribution in [0.25, 0.3) is 21.5 Å². The van der Waals surface area contributed by atoms with Crippen molar-refractivity contribution in [2.24, 2.45) is 0 Å². The summed E-state index contributed by atoms with van der Waals surface area (Å²) >= 11 is 1.42. The van der Waals surface area contributed by atoms with Gasteiger partial charge in [-0.25, -0.2) is 9.78 Å². The number of nitrogens with zero attached hydrogens (tertiary/aromatic N) is 2. The molecule has 0 bridgehead atoms. The highest BCUT2D eigenvalue weighted by atomic mass is 32.1. The van der Waals surface area contributed by atoms with Gasteiger partial charge in [0.05, 0.1) is 12.1 Å². The van der Waals surface area contributed by atoms with Gasteiger partial charge in [-0.3, -0.25) is 4.98 Å². The molecule has 0 saturated heterocycles. The molecule has 0 radical (unpaired) electrons. The molecule has 4 nitrogen and oxygen atoms in total. The zero-order valence-corrected chi connectivity index (χ0v) is 11.7. The molecule has 0 fully saturated rings. The van der Waals surface area contributed by atoms with Crippen LogP contribution in [0.3, 0.4) is 0 Å². The van der Waals surface area contributed by atoms with Gasteiger partial charge in [0, 0.05) is 22.5 Å². The summed E-state index contributed by atoms with van der Waals surface area (Å²) in [6.45, 7) is 2.13. The van der Waals surface area contributed by atoms with Gasteiger partial charge in [0.1, 0.15) is 5.01 Å². The van der Waals surface area contributed by atoms with Gasteiger partial charge in [-0.15, -0.1) is 11.3 Å². The molecule has 0 atom stereocenters. The fourth-order valence-corrected chi connectivity index (χ4v) is 2.79. The Labute approximate surface area is 120 Å². The number of carbonyl (C=O) groups is 1. The quantitative estimate of drug-likeness (QED) is 0.690. The van der Waals surface area contributed by atoms with Crippen molar-refractivity contribution in [3.8, 4) is 10.6 Å². The summed E-state index contributed by atoms with van der Waals surface area (Å²) in [5, 5.41) is 3.55. The molecule has 1 aromatic carbocycles. The predicted octanol–water partition coefficient (Wildman–Crippen LogP) is 3.54. The Balaban J connectivity index is 2.06. The summed E-state index contributed by atoms with van der Waals surface area (Å²) < 4.78 is 4.95. The maximum atomic E-state index is 11.7. The van der Waals surface area contributed by atoms with Crippen LogP contribution in [0, 0.1) is 0 Å². The van der Waals surface area contributed by atoms with E-state index in [-0.39, 0.29) is 5.97 Å². The number of hydrogen-bond acceptors (Lipinski definition) is 5. The predicted molar refractivity (Wildman–Crippen MR) is 78.8 cm³/mol. The Kier molecular flexibility index (Phi) is 3.43. The summed E-state index contributed by atoms with van der Waals surface area (Å²) in [6, 6.07) is 9.84. The number of pyridine rings is 1. The second-order valence-electron chi connectivity index (χ2n) is 4.14. The van der Waals surface area contributed by atoms with Gasteiger partial charge in [0.2, 0.25) is 0 Å². The molecule has 5 heteroatoms. The molecular weight excluding hydrogens is 272 g/mol. The molecule has 0 amide bonds. The van der Waals surface area contributed by atoms with E-state index in [0.717, 1.165) is 21.5 Å². The smallest absolute Gasteiger partial charge is 0.357 e. The van der Waals surface area contributed by atoms with Gasteiger partial charge in [-0.05, 0) is 19.1 Å². The van der Waals surface area contributed by atoms with E-state index in [1.165, 1.54) is 11.3 Å². The minimum Gasteiger partial charge on any atom is -0.461 e. The molecule has 100 valence electrons. The number of para-hydroxylation sites is 1. The lowest BCUT2D eigenvalue weighted by molar-refractivity contribution is 0.0520. The number of fused-ring (bicyclic) bond motifs is 1. The second kappa shape index (κ2) is 5.38. The molecule has 20 heavy (non-hydrogen) atoms. The van der Waals surface area contributed by atoms with E-state index < -0.39 is 0 Å². The molecule has 0 saturated carbocycles. The molecule has 3 aromatic rings. The monoisotopic (exact) mass is 284 g/mol. The Bertz CT molecular complexity index is 762. The zero-order valence-electron chi connectivity index (χ0n) is 10.9. The van der Waals surface area contributed by atoms with Crippen LogP contribution in [-0.2, 0) is 4.74 Å². The van der Waals surface area contributed by atoms with E-state index in [9.17, 15) is 4.79 Å². The Hall–Kier alpha value is -2.27. The van der Waals surface area contributed by atoms with Crippen molar-refractivity contribution in [2.75, 3.05) is 6.61 Å². The molecular formula is C15H12N2O2S. The fourth-order valence-electron chi connectivity index (χ4n) is 1.97. The van der Waals surface area contributed by atoms with Gasteiger partial charge >= 0.3 is 5.97 Å². The maximum absolute atomic E-state index is 11.7. The third-order valence-corrected chi connectivity index (χ3v) is 3.73. The van der Waals surface area contributed by atoms with E-state index in [0.29, 0.717) is 12.3 Å². The molecule has 0 aliphatic carbocycles. The standard InChI is InChI=1S/C15H12N2O2S/c1-2-19-15(18)12-9-20-14(17-12)11-7-3-5-10-6-4-8-16-13(10)11/h3-9H,2H2,1H3. The number of rotatable bonds is 3. The lowest BCUT2D eigenvalue weighted by Gasteiger charge is -2.02. The number of benzene rings is 1. The zero-order chi connectivity index (χ0) is 13.9. The first-order valence-corrected chi connectivity index (χ1v) is 7.14. The summed E-state index contributed by atoms with van der Waals surface area (Å²) in [4.78, 5) is 20.4. The van der Waals surface area contributed by atoms with Gasteiger partial charge in [-0.1, -0.05) is 18.2 Å². The van der Waals surface area contributed by atoms with Crippen molar-refractivity contribution in [1.82, 2.24) is 9.97 Å². The molecule has 2 heterocycles. The van der Waals surface area contributed by atoms with Crippen LogP contribution in [0.4, 0.5) is 0 Å². The van der Waals surface area contributed by atoms with Crippen molar-refractivity contribution in [3.63, 3.8) is 0 Å². The lowest BCUT2D eigenvalue weighted by atomic mass is 10.1. The average Bonchev–Trinajstić information content (AvgIpc) is 2.97. The van der Waals surface area contributed by atoms with E-state index >= 15 is 0 Å². The van der Waals surface area contributed by atoms with Crippen LogP contribution in [-0.4, -0.2) is 22.5 Å². The Morgan fingerprint density at radius 2 is 2.15 bits per heavy atom. The fraction of sp³-hybridized carbons (Fsp3) is 0.133. The summed E-state index contributed by atoms with van der Waals surface area (Å²) in [5.41, 5.74) is 2.17. The van der Waals surface area contributed by atoms with E-state index in [1.54, 1.807) is 18.5 Å². The number of hydrogen-bond donors (Lipinski definition) is 0. The van der Waals surface area contributed by atoms with Crippen molar-refractivity contribution >= 4 is 28.2 Å². The first-order chi connectivity index (χ1) is 9.79. The van der Waals surface area contributed by atoms with Crippen LogP contribution >= 0.6 is 11.3 Å². The largest absolute Gasteiger partial charge is 0.461 e. The van der Waals surface area contributed by atoms with Crippen molar-refractivity contribution in [1.29, 1.82) is 0 Å². The number of esters is 1. The molecule has 0 N–H and O–H groups in total. The normalized spacial score (nSPS) is 10.7. The molecule has 0 aliphatic heterocycles. The van der Waals surface area contributed by atoms with Crippen molar-refractivity contribution in [2.45, 2.75) is 6.92 Å². The maximum Gasteiger partial charge on any atom is 0.357 e. The molecule has 3 rings (SSSR count). The number of ether oxygens (including phenoxy) is 1. The minimum atomic E-state index is -0.386. The summed E-state index contributed by atoms with van der Waals surface area (Å²) in [7, 11) is 0. The Morgan fingerprint density at radius 1 is 1.30 bits per heavy atom. The van der Waals surface area contributed by atoms with Crippen LogP contribution in [0.15, 0.2) is 41.9 Å². The SMILES string of the molecule is CCOC(=O)c1csc(-c2cccc3cccnc23)n1. The minimum absolute atomic E-state index is 0.347. The van der Waals surface area contributed by atoms with Crippen LogP contribution in [0.5, 0.6) is 0 Å². The molecule has 0 spiro atoms. The third kappa shape index (κ3) is 2.28. The number of carbonyl (C=O) groups excluding carboxylic acids is 1. The van der Waals surface area contributed by atoms with Crippen molar-refractivity contribution in [3.05, 3.63) is 47.6 Å². The average molecular weight is 284 g/mol. The van der Waals surface area contributed by atoms with E-state index in [2.05, 4.69) is 9.97 Å². The lowest BCUT2D eigenvalue weighted by Crippen LogP contribution is -2.04. The van der Waals surface area contributed by atoms with Crippen LogP contribution < -0.4 is 0 Å². The number of thiazole rings is 1. The van der Waals surface area contributed by atoms with E-state index in [1.807, 2.05) is 30.3 Å². The van der Waals surface area contributed by atoms with Crippen LogP contribution in [0.1, 0.15) is 17.4 Å². The van der Waals surface area contributed by atoms with Crippen LogP contribution in [0.2, 0.25) is 0 Å². The molecule has 0 aliphatic rings. The third-order valence-electron chi connectivity index (χ3n) is 2.85. The molecule has 0 unspecified atom stereocenters. The highest BCUT2D eigenvalue weighted by Crippen LogP contribution is 2.29. The van der Waals surface area contributed by atoms with Crippen molar-refractivity contribution < 1.29 is 9.53 Å². The highest BCUT2D eigenvalue weighted by molar-refractivity contribution is 7.13. The first kappa shape index (κ1) is 12.7. The first-order valence-electron chi connectivity index (χ1n) is 6.26. The summed E-state index contributed by atoms with van der Waals surface area (Å²) in [6.07, 6.45) is 1.76. The number of aromatic nitrogens is 2. The van der Waals surface area contributed by atoms with Gasteiger partial charge < -0.3 is 4.74 Å². The topological polar surface area (TPSA) is 52.1 Å². The Morgan fingerprint density at radius 3 is 3.00 bits per heavy atom. The second-order valence-corrected chi connectivity index (χ2v) is 5.00. The van der Waals surface area contributed by atoms with Gasteiger partial charge in [0.15, 0.2) is 5.69 Å².